The Morgan fingerprint density at radius 3 is 2.21 bits per heavy atom. The maximum atomic E-state index is 6.63. The molecule has 0 heterocycles. The van der Waals surface area contributed by atoms with Crippen LogP contribution in [0.5, 0.6) is 0 Å². The van der Waals surface area contributed by atoms with Gasteiger partial charge in [-0.1, -0.05) is 23.7 Å². The van der Waals surface area contributed by atoms with Gasteiger partial charge in [-0.25, -0.2) is 0 Å². The molecule has 1 atom stereocenters. The van der Waals surface area contributed by atoms with E-state index in [2.05, 4.69) is 12.1 Å². The van der Waals surface area contributed by atoms with Crippen molar-refractivity contribution in [3.63, 3.8) is 0 Å². The van der Waals surface area contributed by atoms with Gasteiger partial charge in [0.1, 0.15) is 0 Å². The standard InChI is InChI=1S/C17H22ClN/c18-15-3-1-2-12(9-15)17(19)16-13-5-10-4-11(7-13)8-14(16)6-10/h1-3,9-11,13-14,16-17H,4-8,19H2. The van der Waals surface area contributed by atoms with Gasteiger partial charge in [-0.3, -0.25) is 0 Å². The van der Waals surface area contributed by atoms with E-state index in [0.717, 1.165) is 28.7 Å². The van der Waals surface area contributed by atoms with Gasteiger partial charge in [0.25, 0.3) is 0 Å². The van der Waals surface area contributed by atoms with Crippen LogP contribution in [-0.2, 0) is 0 Å². The molecule has 102 valence electrons. The summed E-state index contributed by atoms with van der Waals surface area (Å²) >= 11 is 6.12. The van der Waals surface area contributed by atoms with Gasteiger partial charge in [-0.15, -0.1) is 0 Å². The van der Waals surface area contributed by atoms with Gasteiger partial charge in [0.05, 0.1) is 0 Å². The monoisotopic (exact) mass is 275 g/mol. The highest BCUT2D eigenvalue weighted by atomic mass is 35.5. The zero-order valence-corrected chi connectivity index (χ0v) is 12.0. The van der Waals surface area contributed by atoms with Crippen LogP contribution in [-0.4, -0.2) is 0 Å². The summed E-state index contributed by atoms with van der Waals surface area (Å²) in [4.78, 5) is 0. The molecule has 0 saturated heterocycles. The second kappa shape index (κ2) is 4.49. The van der Waals surface area contributed by atoms with Crippen LogP contribution in [0.2, 0.25) is 5.02 Å². The smallest absolute Gasteiger partial charge is 0.0409 e. The second-order valence-electron chi connectivity index (χ2n) is 7.09. The molecule has 19 heavy (non-hydrogen) atoms. The first-order valence-electron chi connectivity index (χ1n) is 7.71. The fourth-order valence-corrected chi connectivity index (χ4v) is 5.69. The van der Waals surface area contributed by atoms with Crippen LogP contribution in [0.1, 0.15) is 43.7 Å². The molecule has 4 aliphatic carbocycles. The molecule has 4 aliphatic rings. The van der Waals surface area contributed by atoms with Crippen molar-refractivity contribution in [3.8, 4) is 0 Å². The third-order valence-corrected chi connectivity index (χ3v) is 6.18. The van der Waals surface area contributed by atoms with Gasteiger partial charge < -0.3 is 5.73 Å². The highest BCUT2D eigenvalue weighted by Gasteiger charge is 2.49. The van der Waals surface area contributed by atoms with Crippen LogP contribution in [0.15, 0.2) is 24.3 Å². The van der Waals surface area contributed by atoms with E-state index in [-0.39, 0.29) is 6.04 Å². The Kier molecular flexibility index (Phi) is 2.89. The lowest BCUT2D eigenvalue weighted by atomic mass is 9.50. The largest absolute Gasteiger partial charge is 0.324 e. The minimum Gasteiger partial charge on any atom is -0.324 e. The predicted octanol–water partition coefficient (Wildman–Crippen LogP) is 4.41. The lowest BCUT2D eigenvalue weighted by molar-refractivity contribution is -0.0471. The first kappa shape index (κ1) is 12.2. The van der Waals surface area contributed by atoms with Crippen LogP contribution in [0.25, 0.3) is 0 Å². The topological polar surface area (TPSA) is 26.0 Å². The Bertz CT molecular complexity index is 456. The molecule has 4 bridgehead atoms. The van der Waals surface area contributed by atoms with Gasteiger partial charge in [-0.2, -0.15) is 0 Å². The van der Waals surface area contributed by atoms with Crippen LogP contribution in [0.4, 0.5) is 0 Å². The van der Waals surface area contributed by atoms with Crippen molar-refractivity contribution in [1.29, 1.82) is 0 Å². The summed E-state index contributed by atoms with van der Waals surface area (Å²) in [6, 6.07) is 8.38. The Balaban J connectivity index is 1.62. The van der Waals surface area contributed by atoms with Crippen molar-refractivity contribution in [2.75, 3.05) is 0 Å². The molecular weight excluding hydrogens is 254 g/mol. The number of rotatable bonds is 2. The van der Waals surface area contributed by atoms with Crippen molar-refractivity contribution in [1.82, 2.24) is 0 Å². The van der Waals surface area contributed by atoms with E-state index in [9.17, 15) is 0 Å². The van der Waals surface area contributed by atoms with Gasteiger partial charge in [0, 0.05) is 11.1 Å². The minimum absolute atomic E-state index is 0.189. The molecule has 0 aromatic heterocycles. The fraction of sp³-hybridized carbons (Fsp3) is 0.647. The Hall–Kier alpha value is -0.530. The van der Waals surface area contributed by atoms with Gasteiger partial charge in [0.15, 0.2) is 0 Å². The molecule has 1 nitrogen and oxygen atoms in total. The Labute approximate surface area is 120 Å². The summed E-state index contributed by atoms with van der Waals surface area (Å²) in [7, 11) is 0. The normalized spacial score (nSPS) is 41.5. The van der Waals surface area contributed by atoms with Crippen LogP contribution in [0.3, 0.4) is 0 Å². The predicted molar refractivity (Wildman–Crippen MR) is 78.9 cm³/mol. The first-order valence-corrected chi connectivity index (χ1v) is 8.09. The maximum Gasteiger partial charge on any atom is 0.0409 e. The maximum absolute atomic E-state index is 6.63. The van der Waals surface area contributed by atoms with Crippen LogP contribution >= 0.6 is 11.6 Å². The van der Waals surface area contributed by atoms with E-state index in [4.69, 9.17) is 17.3 Å². The molecule has 2 heteroatoms. The average Bonchev–Trinajstić information content (AvgIpc) is 2.37. The lowest BCUT2D eigenvalue weighted by Gasteiger charge is -2.56. The molecule has 0 amide bonds. The van der Waals surface area contributed by atoms with E-state index in [0.29, 0.717) is 5.92 Å². The van der Waals surface area contributed by atoms with Crippen molar-refractivity contribution >= 4 is 11.6 Å². The highest BCUT2D eigenvalue weighted by molar-refractivity contribution is 6.30. The summed E-state index contributed by atoms with van der Waals surface area (Å²) in [6.45, 7) is 0. The van der Waals surface area contributed by atoms with Crippen molar-refractivity contribution in [2.24, 2.45) is 35.3 Å². The minimum atomic E-state index is 0.189. The average molecular weight is 276 g/mol. The second-order valence-corrected chi connectivity index (χ2v) is 7.53. The van der Waals surface area contributed by atoms with E-state index in [1.54, 1.807) is 0 Å². The fourth-order valence-electron chi connectivity index (χ4n) is 5.49. The molecule has 1 unspecified atom stereocenters. The van der Waals surface area contributed by atoms with Gasteiger partial charge >= 0.3 is 0 Å². The number of halogens is 1. The Morgan fingerprint density at radius 2 is 1.63 bits per heavy atom. The molecule has 0 aliphatic heterocycles. The first-order chi connectivity index (χ1) is 9.20. The van der Waals surface area contributed by atoms with Crippen LogP contribution < -0.4 is 5.73 Å². The molecule has 4 saturated carbocycles. The molecule has 1 aromatic carbocycles. The van der Waals surface area contributed by atoms with Crippen LogP contribution in [0, 0.1) is 29.6 Å². The molecule has 2 N–H and O–H groups in total. The Morgan fingerprint density at radius 1 is 1.00 bits per heavy atom. The SMILES string of the molecule is NC(c1cccc(Cl)c1)C1C2CC3CC(C2)CC1C3. The molecule has 0 spiro atoms. The number of hydrogen-bond acceptors (Lipinski definition) is 1. The summed E-state index contributed by atoms with van der Waals surface area (Å²) in [6.07, 6.45) is 7.25. The quantitative estimate of drug-likeness (QED) is 0.850. The number of hydrogen-bond donors (Lipinski definition) is 1. The van der Waals surface area contributed by atoms with E-state index in [1.807, 2.05) is 12.1 Å². The van der Waals surface area contributed by atoms with Crippen molar-refractivity contribution in [3.05, 3.63) is 34.9 Å². The third-order valence-electron chi connectivity index (χ3n) is 5.95. The van der Waals surface area contributed by atoms with E-state index in [1.165, 1.54) is 37.7 Å². The summed E-state index contributed by atoms with van der Waals surface area (Å²) < 4.78 is 0. The molecule has 5 rings (SSSR count). The summed E-state index contributed by atoms with van der Waals surface area (Å²) in [5.41, 5.74) is 7.87. The highest BCUT2D eigenvalue weighted by Crippen LogP contribution is 2.58. The van der Waals surface area contributed by atoms with Crippen molar-refractivity contribution in [2.45, 2.75) is 38.1 Å². The molecule has 1 aromatic rings. The lowest BCUT2D eigenvalue weighted by Crippen LogP contribution is -2.48. The van der Waals surface area contributed by atoms with Crippen molar-refractivity contribution < 1.29 is 0 Å². The molecular formula is C17H22ClN. The number of benzene rings is 1. The zero-order valence-electron chi connectivity index (χ0n) is 11.3. The van der Waals surface area contributed by atoms with Gasteiger partial charge in [0.2, 0.25) is 0 Å². The van der Waals surface area contributed by atoms with E-state index < -0.39 is 0 Å². The molecule has 4 fully saturated rings. The van der Waals surface area contributed by atoms with E-state index >= 15 is 0 Å². The third kappa shape index (κ3) is 2.02. The van der Waals surface area contributed by atoms with Gasteiger partial charge in [-0.05, 0) is 79.4 Å². The number of nitrogens with two attached hydrogens (primary N) is 1. The zero-order chi connectivity index (χ0) is 13.0. The molecule has 0 radical (unpaired) electrons. The summed E-state index contributed by atoms with van der Waals surface area (Å²) in [5.74, 6) is 4.50. The summed E-state index contributed by atoms with van der Waals surface area (Å²) in [5, 5.41) is 0.816.